The van der Waals surface area contributed by atoms with Crippen molar-refractivity contribution in [2.24, 2.45) is 17.4 Å². The van der Waals surface area contributed by atoms with Gasteiger partial charge in [0.25, 0.3) is 0 Å². The Hall–Kier alpha value is -4.46. The van der Waals surface area contributed by atoms with Crippen molar-refractivity contribution in [3.8, 4) is 0 Å². The predicted octanol–water partition coefficient (Wildman–Crippen LogP) is -0.637. The van der Waals surface area contributed by atoms with Crippen LogP contribution in [-0.4, -0.2) is 74.9 Å². The molecular formula is C26H36N6O8. The second-order valence-electron chi connectivity index (χ2n) is 9.79. The van der Waals surface area contributed by atoms with Gasteiger partial charge < -0.3 is 42.6 Å². The maximum absolute atomic E-state index is 13.3. The minimum absolute atomic E-state index is 0.0746. The number of carboxylic acid groups (broad SMARTS) is 2. The summed E-state index contributed by atoms with van der Waals surface area (Å²) >= 11 is 0. The van der Waals surface area contributed by atoms with Gasteiger partial charge in [-0.25, -0.2) is 4.79 Å². The highest BCUT2D eigenvalue weighted by atomic mass is 16.4. The standard InChI is InChI=1S/C26H36N6O8/c1-13(2)22(28)25(38)30-17(7-9-20(27)33)23(36)32-19(11-14-12-29-16-6-4-3-5-15(14)16)24(37)31-18(26(39)40)8-10-21(34)35/h3-6,12-13,17-19,22,29H,7-11,28H2,1-2H3,(H2,27,33)(H,30,38)(H,31,37)(H,32,36)(H,34,35)(H,39,40). The molecule has 14 nitrogen and oxygen atoms in total. The summed E-state index contributed by atoms with van der Waals surface area (Å²) in [6.07, 6.45) is 0.266. The van der Waals surface area contributed by atoms with Crippen LogP contribution in [0.4, 0.5) is 0 Å². The second-order valence-corrected chi connectivity index (χ2v) is 9.79. The average Bonchev–Trinajstić information content (AvgIpc) is 3.29. The number of hydrogen-bond acceptors (Lipinski definition) is 7. The molecule has 0 radical (unpaired) electrons. The number of aromatic nitrogens is 1. The monoisotopic (exact) mass is 560 g/mol. The number of benzene rings is 1. The number of nitrogens with one attached hydrogen (secondary N) is 4. The van der Waals surface area contributed by atoms with Gasteiger partial charge in [-0.1, -0.05) is 32.0 Å². The molecule has 0 saturated heterocycles. The molecule has 0 spiro atoms. The Labute approximate surface area is 230 Å². The molecule has 0 fully saturated rings. The van der Waals surface area contributed by atoms with Crippen LogP contribution >= 0.6 is 0 Å². The van der Waals surface area contributed by atoms with Crippen molar-refractivity contribution in [2.75, 3.05) is 0 Å². The molecule has 4 amide bonds. The lowest BCUT2D eigenvalue weighted by molar-refractivity contribution is -0.143. The molecule has 0 aliphatic rings. The van der Waals surface area contributed by atoms with Crippen molar-refractivity contribution in [2.45, 2.75) is 70.1 Å². The van der Waals surface area contributed by atoms with Crippen LogP contribution < -0.4 is 27.4 Å². The van der Waals surface area contributed by atoms with Gasteiger partial charge in [0.05, 0.1) is 6.04 Å². The van der Waals surface area contributed by atoms with Gasteiger partial charge >= 0.3 is 11.9 Å². The van der Waals surface area contributed by atoms with Crippen LogP contribution in [0.2, 0.25) is 0 Å². The molecule has 14 heteroatoms. The fraction of sp³-hybridized carbons (Fsp3) is 0.462. The number of H-pyrrole nitrogens is 1. The van der Waals surface area contributed by atoms with Crippen LogP contribution in [-0.2, 0) is 35.2 Å². The summed E-state index contributed by atoms with van der Waals surface area (Å²) in [5, 5.41) is 26.5. The molecule has 1 aromatic heterocycles. The molecule has 4 unspecified atom stereocenters. The molecule has 0 aliphatic carbocycles. The maximum atomic E-state index is 13.3. The number of carbonyl (C=O) groups excluding carboxylic acids is 4. The first-order valence-electron chi connectivity index (χ1n) is 12.7. The number of carbonyl (C=O) groups is 6. The van der Waals surface area contributed by atoms with E-state index in [4.69, 9.17) is 16.6 Å². The molecule has 40 heavy (non-hydrogen) atoms. The zero-order chi connectivity index (χ0) is 30.0. The van der Waals surface area contributed by atoms with Crippen molar-refractivity contribution in [3.05, 3.63) is 36.0 Å². The van der Waals surface area contributed by atoms with Crippen LogP contribution in [0.15, 0.2) is 30.5 Å². The first-order chi connectivity index (χ1) is 18.8. The van der Waals surface area contributed by atoms with E-state index < -0.39 is 66.2 Å². The van der Waals surface area contributed by atoms with Crippen LogP contribution in [0.1, 0.15) is 45.1 Å². The van der Waals surface area contributed by atoms with Crippen molar-refractivity contribution in [1.29, 1.82) is 0 Å². The Balaban J connectivity index is 2.34. The molecule has 1 aromatic carbocycles. The van der Waals surface area contributed by atoms with Gasteiger partial charge in [-0.3, -0.25) is 24.0 Å². The van der Waals surface area contributed by atoms with E-state index in [1.165, 1.54) is 0 Å². The number of fused-ring (bicyclic) bond motifs is 1. The molecule has 218 valence electrons. The summed E-state index contributed by atoms with van der Waals surface area (Å²) in [6, 6.07) is 2.13. The second kappa shape index (κ2) is 14.6. The highest BCUT2D eigenvalue weighted by molar-refractivity contribution is 5.95. The van der Waals surface area contributed by atoms with Crippen LogP contribution in [0.25, 0.3) is 10.9 Å². The zero-order valence-electron chi connectivity index (χ0n) is 22.3. The summed E-state index contributed by atoms with van der Waals surface area (Å²) in [7, 11) is 0. The third kappa shape index (κ3) is 9.38. The zero-order valence-corrected chi connectivity index (χ0v) is 22.3. The topological polar surface area (TPSA) is 247 Å². The Bertz CT molecular complexity index is 1240. The lowest BCUT2D eigenvalue weighted by Crippen LogP contribution is -2.58. The van der Waals surface area contributed by atoms with Gasteiger partial charge in [-0.15, -0.1) is 0 Å². The van der Waals surface area contributed by atoms with Gasteiger partial charge in [-0.05, 0) is 30.4 Å². The smallest absolute Gasteiger partial charge is 0.326 e. The van der Waals surface area contributed by atoms with E-state index in [9.17, 15) is 33.9 Å². The largest absolute Gasteiger partial charge is 0.481 e. The fourth-order valence-electron chi connectivity index (χ4n) is 3.93. The Morgan fingerprint density at radius 1 is 0.850 bits per heavy atom. The summed E-state index contributed by atoms with van der Waals surface area (Å²) in [6.45, 7) is 3.43. The number of primary amides is 1. The molecule has 0 aliphatic heterocycles. The number of carboxylic acids is 2. The lowest BCUT2D eigenvalue weighted by Gasteiger charge is -2.25. The van der Waals surface area contributed by atoms with E-state index in [0.717, 1.165) is 10.9 Å². The lowest BCUT2D eigenvalue weighted by atomic mass is 10.0. The highest BCUT2D eigenvalue weighted by Crippen LogP contribution is 2.19. The average molecular weight is 561 g/mol. The van der Waals surface area contributed by atoms with Gasteiger partial charge in [0.15, 0.2) is 0 Å². The van der Waals surface area contributed by atoms with Crippen molar-refractivity contribution in [3.63, 3.8) is 0 Å². The first-order valence-corrected chi connectivity index (χ1v) is 12.7. The molecule has 10 N–H and O–H groups in total. The minimum Gasteiger partial charge on any atom is -0.481 e. The van der Waals surface area contributed by atoms with Crippen molar-refractivity contribution >= 4 is 46.5 Å². The molecular weight excluding hydrogens is 524 g/mol. The number of para-hydroxylation sites is 1. The van der Waals surface area contributed by atoms with E-state index in [2.05, 4.69) is 20.9 Å². The Morgan fingerprint density at radius 2 is 1.43 bits per heavy atom. The number of nitrogens with two attached hydrogens (primary N) is 2. The third-order valence-corrected chi connectivity index (χ3v) is 6.33. The number of aliphatic carboxylic acids is 2. The van der Waals surface area contributed by atoms with Crippen LogP contribution in [0, 0.1) is 5.92 Å². The normalized spacial score (nSPS) is 14.1. The summed E-state index contributed by atoms with van der Waals surface area (Å²) in [5.41, 5.74) is 12.5. The quantitative estimate of drug-likeness (QED) is 0.130. The van der Waals surface area contributed by atoms with Crippen LogP contribution in [0.5, 0.6) is 0 Å². The number of amides is 4. The van der Waals surface area contributed by atoms with E-state index in [1.807, 2.05) is 12.1 Å². The molecule has 2 aromatic rings. The van der Waals surface area contributed by atoms with Gasteiger partial charge in [0.1, 0.15) is 18.1 Å². The van der Waals surface area contributed by atoms with Gasteiger partial charge in [0, 0.05) is 36.4 Å². The van der Waals surface area contributed by atoms with Gasteiger partial charge in [0.2, 0.25) is 23.6 Å². The number of rotatable bonds is 16. The number of aromatic amines is 1. The van der Waals surface area contributed by atoms with E-state index in [1.54, 1.807) is 32.2 Å². The molecule has 2 rings (SSSR count). The third-order valence-electron chi connectivity index (χ3n) is 6.33. The predicted molar refractivity (Wildman–Crippen MR) is 144 cm³/mol. The highest BCUT2D eigenvalue weighted by Gasteiger charge is 2.31. The Morgan fingerprint density at radius 3 is 2.02 bits per heavy atom. The summed E-state index contributed by atoms with van der Waals surface area (Å²) < 4.78 is 0. The van der Waals surface area contributed by atoms with E-state index >= 15 is 0 Å². The van der Waals surface area contributed by atoms with E-state index in [-0.39, 0.29) is 31.6 Å². The minimum atomic E-state index is -1.53. The summed E-state index contributed by atoms with van der Waals surface area (Å²) in [5.74, 6) is -5.98. The number of hydrogen-bond donors (Lipinski definition) is 8. The molecule has 1 heterocycles. The SMILES string of the molecule is CC(C)C(N)C(=O)NC(CCC(N)=O)C(=O)NC(Cc1c[nH]c2ccccc12)C(=O)NC(CCC(=O)O)C(=O)O. The van der Waals surface area contributed by atoms with Crippen LogP contribution in [0.3, 0.4) is 0 Å². The molecule has 4 atom stereocenters. The fourth-order valence-corrected chi connectivity index (χ4v) is 3.93. The summed E-state index contributed by atoms with van der Waals surface area (Å²) in [4.78, 5) is 76.3. The van der Waals surface area contributed by atoms with E-state index in [0.29, 0.717) is 5.56 Å². The molecule has 0 saturated carbocycles. The van der Waals surface area contributed by atoms with Crippen molar-refractivity contribution < 1.29 is 39.0 Å². The van der Waals surface area contributed by atoms with Crippen molar-refractivity contribution in [1.82, 2.24) is 20.9 Å². The Kier molecular flexibility index (Phi) is 11.6. The van der Waals surface area contributed by atoms with Gasteiger partial charge in [-0.2, -0.15) is 0 Å². The maximum Gasteiger partial charge on any atom is 0.326 e. The first kappa shape index (κ1) is 31.8. The molecule has 0 bridgehead atoms.